The highest BCUT2D eigenvalue weighted by Crippen LogP contribution is 2.35. The van der Waals surface area contributed by atoms with Crippen molar-refractivity contribution < 1.29 is 4.42 Å². The second-order valence-corrected chi connectivity index (χ2v) is 8.54. The van der Waals surface area contributed by atoms with Gasteiger partial charge in [0.1, 0.15) is 0 Å². The summed E-state index contributed by atoms with van der Waals surface area (Å²) in [5.74, 6) is 0. The van der Waals surface area contributed by atoms with Crippen molar-refractivity contribution in [1.29, 1.82) is 0 Å². The molecule has 6 rings (SSSR count). The van der Waals surface area contributed by atoms with Gasteiger partial charge in [-0.25, -0.2) is 0 Å². The van der Waals surface area contributed by atoms with Gasteiger partial charge in [0.25, 0.3) is 0 Å². The number of aromatic nitrogens is 1. The van der Waals surface area contributed by atoms with E-state index in [0.29, 0.717) is 0 Å². The molecule has 3 heteroatoms. The van der Waals surface area contributed by atoms with Crippen molar-refractivity contribution in [1.82, 2.24) is 4.57 Å². The number of rotatable bonds is 3. The van der Waals surface area contributed by atoms with Crippen molar-refractivity contribution in [2.24, 2.45) is 0 Å². The molecule has 148 valence electrons. The first-order valence-corrected chi connectivity index (χ1v) is 11.0. The molecule has 4 aromatic carbocycles. The quantitative estimate of drug-likeness (QED) is 0.257. The Morgan fingerprint density at radius 3 is 1.90 bits per heavy atom. The number of benzene rings is 4. The molecule has 0 aliphatic heterocycles. The predicted molar refractivity (Wildman–Crippen MR) is 132 cm³/mol. The van der Waals surface area contributed by atoms with Crippen molar-refractivity contribution in [2.75, 3.05) is 0 Å². The molecule has 0 unspecified atom stereocenters. The van der Waals surface area contributed by atoms with Gasteiger partial charge in [-0.05, 0) is 64.7 Å². The van der Waals surface area contributed by atoms with Crippen molar-refractivity contribution >= 4 is 37.9 Å². The molecular formula is C28H18BrNO. The Morgan fingerprint density at radius 1 is 0.581 bits per heavy atom. The molecule has 0 amide bonds. The van der Waals surface area contributed by atoms with Gasteiger partial charge in [0.15, 0.2) is 0 Å². The summed E-state index contributed by atoms with van der Waals surface area (Å²) >= 11 is 3.50. The first kappa shape index (κ1) is 18.2. The van der Waals surface area contributed by atoms with E-state index < -0.39 is 0 Å². The van der Waals surface area contributed by atoms with Crippen molar-refractivity contribution in [3.63, 3.8) is 0 Å². The van der Waals surface area contributed by atoms with Crippen LogP contribution < -0.4 is 0 Å². The van der Waals surface area contributed by atoms with E-state index in [9.17, 15) is 0 Å². The predicted octanol–water partition coefficient (Wildman–Crippen LogP) is 8.47. The van der Waals surface area contributed by atoms with Crippen LogP contribution in [-0.2, 0) is 0 Å². The number of para-hydroxylation sites is 1. The summed E-state index contributed by atoms with van der Waals surface area (Å²) in [7, 11) is 0. The third-order valence-electron chi connectivity index (χ3n) is 5.79. The fraction of sp³-hybridized carbons (Fsp3) is 0. The van der Waals surface area contributed by atoms with Gasteiger partial charge in [0.05, 0.1) is 11.8 Å². The zero-order valence-corrected chi connectivity index (χ0v) is 18.2. The van der Waals surface area contributed by atoms with E-state index in [0.717, 1.165) is 26.8 Å². The van der Waals surface area contributed by atoms with Crippen LogP contribution in [0.15, 0.2) is 118 Å². The van der Waals surface area contributed by atoms with Gasteiger partial charge >= 0.3 is 0 Å². The minimum absolute atomic E-state index is 0.879. The molecule has 0 saturated carbocycles. The highest BCUT2D eigenvalue weighted by molar-refractivity contribution is 9.10. The molecule has 0 radical (unpaired) electrons. The summed E-state index contributed by atoms with van der Waals surface area (Å²) < 4.78 is 9.14. The summed E-state index contributed by atoms with van der Waals surface area (Å²) in [4.78, 5) is 0. The Morgan fingerprint density at radius 2 is 1.19 bits per heavy atom. The summed E-state index contributed by atoms with van der Waals surface area (Å²) in [6, 6.07) is 36.2. The maximum atomic E-state index is 5.87. The molecular weight excluding hydrogens is 446 g/mol. The van der Waals surface area contributed by atoms with E-state index >= 15 is 0 Å². The molecule has 2 heterocycles. The number of hydrogen-bond donors (Lipinski definition) is 0. The highest BCUT2D eigenvalue weighted by Gasteiger charge is 2.15. The molecule has 0 spiro atoms. The second kappa shape index (κ2) is 7.29. The van der Waals surface area contributed by atoms with E-state index in [1.165, 1.54) is 27.6 Å². The smallest absolute Gasteiger partial charge is 0.212 e. The lowest BCUT2D eigenvalue weighted by atomic mass is 9.99. The maximum absolute atomic E-state index is 5.87. The van der Waals surface area contributed by atoms with Crippen LogP contribution in [0.3, 0.4) is 0 Å². The van der Waals surface area contributed by atoms with Crippen LogP contribution in [0.1, 0.15) is 0 Å². The molecule has 6 aromatic rings. The molecule has 0 N–H and O–H groups in total. The van der Waals surface area contributed by atoms with Gasteiger partial charge in [0.2, 0.25) is 5.71 Å². The van der Waals surface area contributed by atoms with Crippen LogP contribution in [0.25, 0.3) is 49.9 Å². The monoisotopic (exact) mass is 463 g/mol. The van der Waals surface area contributed by atoms with E-state index in [-0.39, 0.29) is 0 Å². The molecule has 2 nitrogen and oxygen atoms in total. The van der Waals surface area contributed by atoms with Gasteiger partial charge < -0.3 is 4.42 Å². The number of fused-ring (bicyclic) bond motifs is 3. The van der Waals surface area contributed by atoms with E-state index in [2.05, 4.69) is 118 Å². The van der Waals surface area contributed by atoms with Gasteiger partial charge in [0, 0.05) is 20.9 Å². The van der Waals surface area contributed by atoms with Gasteiger partial charge in [-0.15, -0.1) is 0 Å². The lowest BCUT2D eigenvalue weighted by Crippen LogP contribution is -1.92. The number of furan rings is 1. The van der Waals surface area contributed by atoms with Crippen molar-refractivity contribution in [3.05, 3.63) is 114 Å². The number of hydrogen-bond acceptors (Lipinski definition) is 1. The third-order valence-corrected chi connectivity index (χ3v) is 6.31. The molecule has 0 atom stereocenters. The Balaban J connectivity index is 1.45. The molecule has 2 aromatic heterocycles. The normalized spacial score (nSPS) is 11.4. The zero-order chi connectivity index (χ0) is 20.8. The van der Waals surface area contributed by atoms with Crippen LogP contribution >= 0.6 is 15.9 Å². The Bertz CT molecular complexity index is 1510. The minimum Gasteiger partial charge on any atom is -0.447 e. The van der Waals surface area contributed by atoms with Crippen LogP contribution in [0.4, 0.5) is 0 Å². The van der Waals surface area contributed by atoms with Crippen molar-refractivity contribution in [2.45, 2.75) is 0 Å². The lowest BCUT2D eigenvalue weighted by molar-refractivity contribution is 0.596. The van der Waals surface area contributed by atoms with Crippen LogP contribution in [0.5, 0.6) is 0 Å². The molecule has 0 fully saturated rings. The fourth-order valence-corrected chi connectivity index (χ4v) is 4.51. The largest absolute Gasteiger partial charge is 0.447 e. The minimum atomic E-state index is 0.879. The highest BCUT2D eigenvalue weighted by atomic mass is 79.9. The first-order chi connectivity index (χ1) is 15.3. The van der Waals surface area contributed by atoms with Crippen LogP contribution in [-0.4, -0.2) is 4.57 Å². The maximum Gasteiger partial charge on any atom is 0.212 e. The van der Waals surface area contributed by atoms with Crippen LogP contribution in [0, 0.1) is 0 Å². The summed E-state index contributed by atoms with van der Waals surface area (Å²) in [6.07, 6.45) is 1.77. The Kier molecular flexibility index (Phi) is 4.29. The average molecular weight is 464 g/mol. The number of halogens is 1. The van der Waals surface area contributed by atoms with Crippen molar-refractivity contribution in [3.8, 4) is 27.9 Å². The zero-order valence-electron chi connectivity index (χ0n) is 16.6. The molecule has 0 aliphatic carbocycles. The summed E-state index contributed by atoms with van der Waals surface area (Å²) in [5.41, 5.74) is 7.95. The van der Waals surface area contributed by atoms with Crippen LogP contribution in [0.2, 0.25) is 0 Å². The third kappa shape index (κ3) is 3.09. The molecule has 0 aliphatic rings. The first-order valence-electron chi connectivity index (χ1n) is 10.2. The Labute approximate surface area is 188 Å². The number of nitrogens with zero attached hydrogens (tertiary/aromatic N) is 1. The SMILES string of the molecule is Brc1ccc(-c2ccc(-c3ccc4c(c3)c3ccoc3n4-c3ccccc3)cc2)cc1. The molecule has 0 bridgehead atoms. The van der Waals surface area contributed by atoms with E-state index in [1.807, 2.05) is 6.07 Å². The average Bonchev–Trinajstić information content (AvgIpc) is 3.41. The lowest BCUT2D eigenvalue weighted by Gasteiger charge is -2.08. The fourth-order valence-electron chi connectivity index (χ4n) is 4.25. The summed E-state index contributed by atoms with van der Waals surface area (Å²) in [6.45, 7) is 0. The van der Waals surface area contributed by atoms with Gasteiger partial charge in [-0.2, -0.15) is 0 Å². The topological polar surface area (TPSA) is 18.1 Å². The van der Waals surface area contributed by atoms with E-state index in [1.54, 1.807) is 6.26 Å². The molecule has 31 heavy (non-hydrogen) atoms. The molecule has 0 saturated heterocycles. The standard InChI is InChI=1S/C28H18BrNO/c29-23-13-10-20(11-14-23)19-6-8-21(9-7-19)22-12-15-27-26(18-22)25-16-17-31-28(25)30(27)24-4-2-1-3-5-24/h1-18H. The van der Waals surface area contributed by atoms with E-state index in [4.69, 9.17) is 4.42 Å². The second-order valence-electron chi connectivity index (χ2n) is 7.63. The van der Waals surface area contributed by atoms with Gasteiger partial charge in [-0.3, -0.25) is 4.57 Å². The Hall–Kier alpha value is -3.56. The summed E-state index contributed by atoms with van der Waals surface area (Å²) in [5, 5.41) is 2.33. The van der Waals surface area contributed by atoms with Gasteiger partial charge in [-0.1, -0.05) is 76.6 Å².